The Morgan fingerprint density at radius 1 is 1.00 bits per heavy atom. The van der Waals surface area contributed by atoms with Crippen LogP contribution in [-0.2, 0) is 0 Å². The van der Waals surface area contributed by atoms with Crippen molar-refractivity contribution in [1.82, 2.24) is 4.90 Å². The van der Waals surface area contributed by atoms with Crippen molar-refractivity contribution in [2.75, 3.05) is 51.3 Å². The SMILES string of the molecule is CCC(C)c1ccccc1OCC(O)CN1CCN(c2ccc(OC)cc2)CC1. The zero-order chi connectivity index (χ0) is 20.6. The quantitative estimate of drug-likeness (QED) is 0.697. The van der Waals surface area contributed by atoms with E-state index in [4.69, 9.17) is 9.47 Å². The summed E-state index contributed by atoms with van der Waals surface area (Å²) in [5.74, 6) is 2.23. The maximum atomic E-state index is 10.5. The molecular formula is C24H34N2O3. The highest BCUT2D eigenvalue weighted by molar-refractivity contribution is 5.49. The summed E-state index contributed by atoms with van der Waals surface area (Å²) in [7, 11) is 1.69. The number of para-hydroxylation sites is 1. The van der Waals surface area contributed by atoms with E-state index in [1.54, 1.807) is 7.11 Å². The zero-order valence-electron chi connectivity index (χ0n) is 17.9. The number of benzene rings is 2. The Morgan fingerprint density at radius 3 is 2.34 bits per heavy atom. The predicted octanol–water partition coefficient (Wildman–Crippen LogP) is 3.77. The minimum absolute atomic E-state index is 0.326. The van der Waals surface area contributed by atoms with Gasteiger partial charge in [0, 0.05) is 38.4 Å². The molecule has 2 unspecified atom stereocenters. The Hall–Kier alpha value is -2.24. The van der Waals surface area contributed by atoms with Gasteiger partial charge >= 0.3 is 0 Å². The molecule has 29 heavy (non-hydrogen) atoms. The molecule has 1 aliphatic heterocycles. The first-order valence-electron chi connectivity index (χ1n) is 10.6. The summed E-state index contributed by atoms with van der Waals surface area (Å²) in [5, 5.41) is 10.5. The minimum Gasteiger partial charge on any atom is -0.497 e. The molecule has 0 radical (unpaired) electrons. The molecule has 158 valence electrons. The van der Waals surface area contributed by atoms with Crippen molar-refractivity contribution in [3.63, 3.8) is 0 Å². The number of nitrogens with zero attached hydrogens (tertiary/aromatic N) is 2. The van der Waals surface area contributed by atoms with Crippen LogP contribution in [0.15, 0.2) is 48.5 Å². The summed E-state index contributed by atoms with van der Waals surface area (Å²) in [6.45, 7) is 9.14. The Balaban J connectivity index is 1.45. The molecule has 3 rings (SSSR count). The first kappa shape index (κ1) is 21.5. The minimum atomic E-state index is -0.493. The number of β-amino-alcohol motifs (C(OH)–C–C–N with tert-alkyl or cyclic N) is 1. The van der Waals surface area contributed by atoms with E-state index in [-0.39, 0.29) is 0 Å². The van der Waals surface area contributed by atoms with Gasteiger partial charge in [-0.3, -0.25) is 4.90 Å². The van der Waals surface area contributed by atoms with Gasteiger partial charge in [0.1, 0.15) is 24.2 Å². The smallest absolute Gasteiger partial charge is 0.122 e. The first-order chi connectivity index (χ1) is 14.1. The first-order valence-corrected chi connectivity index (χ1v) is 10.6. The molecule has 1 N–H and O–H groups in total. The molecule has 0 amide bonds. The number of aliphatic hydroxyl groups is 1. The largest absolute Gasteiger partial charge is 0.497 e. The lowest BCUT2D eigenvalue weighted by atomic mass is 9.98. The third-order valence-electron chi connectivity index (χ3n) is 5.77. The van der Waals surface area contributed by atoms with Gasteiger partial charge in [0.15, 0.2) is 0 Å². The van der Waals surface area contributed by atoms with Gasteiger partial charge in [-0.05, 0) is 48.2 Å². The molecule has 2 atom stereocenters. The summed E-state index contributed by atoms with van der Waals surface area (Å²) in [4.78, 5) is 4.69. The van der Waals surface area contributed by atoms with Gasteiger partial charge < -0.3 is 19.5 Å². The van der Waals surface area contributed by atoms with Gasteiger partial charge in [-0.25, -0.2) is 0 Å². The molecule has 1 aliphatic rings. The lowest BCUT2D eigenvalue weighted by Gasteiger charge is -2.37. The molecule has 1 fully saturated rings. The molecule has 0 aromatic heterocycles. The van der Waals surface area contributed by atoms with Crippen LogP contribution in [0.3, 0.4) is 0 Å². The van der Waals surface area contributed by atoms with Gasteiger partial charge in [0.2, 0.25) is 0 Å². The van der Waals surface area contributed by atoms with Crippen molar-refractivity contribution >= 4 is 5.69 Å². The number of rotatable bonds is 9. The van der Waals surface area contributed by atoms with Gasteiger partial charge in [-0.15, -0.1) is 0 Å². The van der Waals surface area contributed by atoms with Crippen LogP contribution in [0.25, 0.3) is 0 Å². The van der Waals surface area contributed by atoms with E-state index in [0.717, 1.165) is 44.1 Å². The van der Waals surface area contributed by atoms with E-state index in [1.807, 2.05) is 30.3 Å². The number of methoxy groups -OCH3 is 1. The number of aliphatic hydroxyl groups excluding tert-OH is 1. The third kappa shape index (κ3) is 5.87. The highest BCUT2D eigenvalue weighted by Crippen LogP contribution is 2.28. The summed E-state index contributed by atoms with van der Waals surface area (Å²) in [6, 6.07) is 16.4. The third-order valence-corrected chi connectivity index (χ3v) is 5.77. The highest BCUT2D eigenvalue weighted by Gasteiger charge is 2.20. The Labute approximate surface area is 174 Å². The standard InChI is InChI=1S/C24H34N2O3/c1-4-19(2)23-7-5-6-8-24(23)29-18-21(27)17-25-13-15-26(16-14-25)20-9-11-22(28-3)12-10-20/h5-12,19,21,27H,4,13-18H2,1-3H3. The maximum Gasteiger partial charge on any atom is 0.122 e. The average molecular weight is 399 g/mol. The van der Waals surface area contributed by atoms with Gasteiger partial charge in [0.05, 0.1) is 7.11 Å². The second kappa shape index (κ2) is 10.5. The molecule has 1 saturated heterocycles. The predicted molar refractivity (Wildman–Crippen MR) is 118 cm³/mol. The Kier molecular flexibility index (Phi) is 7.78. The van der Waals surface area contributed by atoms with E-state index >= 15 is 0 Å². The van der Waals surface area contributed by atoms with E-state index in [0.29, 0.717) is 19.1 Å². The number of hydrogen-bond donors (Lipinski definition) is 1. The topological polar surface area (TPSA) is 45.2 Å². The summed E-state index contributed by atoms with van der Waals surface area (Å²) in [6.07, 6.45) is 0.578. The van der Waals surface area contributed by atoms with Crippen LogP contribution in [0.4, 0.5) is 5.69 Å². The normalized spacial score (nSPS) is 17.0. The average Bonchev–Trinajstić information content (AvgIpc) is 2.78. The van der Waals surface area contributed by atoms with Crippen LogP contribution in [-0.4, -0.2) is 62.6 Å². The second-order valence-electron chi connectivity index (χ2n) is 7.80. The molecular weight excluding hydrogens is 364 g/mol. The van der Waals surface area contributed by atoms with Gasteiger partial charge in [-0.2, -0.15) is 0 Å². The van der Waals surface area contributed by atoms with Crippen molar-refractivity contribution in [3.8, 4) is 11.5 Å². The Morgan fingerprint density at radius 2 is 1.69 bits per heavy atom. The molecule has 2 aromatic rings. The Bertz CT molecular complexity index is 742. The fourth-order valence-electron chi connectivity index (χ4n) is 3.76. The summed E-state index contributed by atoms with van der Waals surface area (Å²) in [5.41, 5.74) is 2.44. The number of anilines is 1. The number of piperazine rings is 1. The fraction of sp³-hybridized carbons (Fsp3) is 0.500. The van der Waals surface area contributed by atoms with Crippen molar-refractivity contribution in [1.29, 1.82) is 0 Å². The second-order valence-corrected chi connectivity index (χ2v) is 7.80. The fourth-order valence-corrected chi connectivity index (χ4v) is 3.76. The van der Waals surface area contributed by atoms with Crippen LogP contribution >= 0.6 is 0 Å². The molecule has 5 heteroatoms. The molecule has 0 aliphatic carbocycles. The highest BCUT2D eigenvalue weighted by atomic mass is 16.5. The van der Waals surface area contributed by atoms with Crippen LogP contribution < -0.4 is 14.4 Å². The van der Waals surface area contributed by atoms with Crippen LogP contribution in [0.5, 0.6) is 11.5 Å². The van der Waals surface area contributed by atoms with Crippen LogP contribution in [0.2, 0.25) is 0 Å². The molecule has 5 nitrogen and oxygen atoms in total. The number of hydrogen-bond acceptors (Lipinski definition) is 5. The molecule has 0 bridgehead atoms. The van der Waals surface area contributed by atoms with Crippen LogP contribution in [0, 0.1) is 0 Å². The van der Waals surface area contributed by atoms with Crippen molar-refractivity contribution < 1.29 is 14.6 Å². The van der Waals surface area contributed by atoms with E-state index in [9.17, 15) is 5.11 Å². The molecule has 2 aromatic carbocycles. The van der Waals surface area contributed by atoms with Gasteiger partial charge in [0.25, 0.3) is 0 Å². The van der Waals surface area contributed by atoms with Crippen molar-refractivity contribution in [2.24, 2.45) is 0 Å². The monoisotopic (exact) mass is 398 g/mol. The van der Waals surface area contributed by atoms with Gasteiger partial charge in [-0.1, -0.05) is 32.0 Å². The van der Waals surface area contributed by atoms with Crippen molar-refractivity contribution in [2.45, 2.75) is 32.3 Å². The van der Waals surface area contributed by atoms with E-state index in [2.05, 4.69) is 41.8 Å². The molecule has 0 spiro atoms. The van der Waals surface area contributed by atoms with E-state index < -0.39 is 6.10 Å². The summed E-state index contributed by atoms with van der Waals surface area (Å²) < 4.78 is 11.2. The summed E-state index contributed by atoms with van der Waals surface area (Å²) >= 11 is 0. The molecule has 1 heterocycles. The van der Waals surface area contributed by atoms with Crippen molar-refractivity contribution in [3.05, 3.63) is 54.1 Å². The van der Waals surface area contributed by atoms with E-state index in [1.165, 1.54) is 11.3 Å². The number of ether oxygens (including phenoxy) is 2. The zero-order valence-corrected chi connectivity index (χ0v) is 17.9. The molecule has 0 saturated carbocycles. The lowest BCUT2D eigenvalue weighted by molar-refractivity contribution is 0.0658. The lowest BCUT2D eigenvalue weighted by Crippen LogP contribution is -2.49. The van der Waals surface area contributed by atoms with Crippen LogP contribution in [0.1, 0.15) is 31.7 Å². The maximum absolute atomic E-state index is 10.5.